The molecule has 0 aliphatic carbocycles. The molecular formula is C17H20N2O3. The number of aromatic hydroxyl groups is 1. The zero-order chi connectivity index (χ0) is 16.1. The maximum Gasteiger partial charge on any atom is 0.322 e. The lowest BCUT2D eigenvalue weighted by atomic mass is 10.1. The van der Waals surface area contributed by atoms with E-state index in [2.05, 4.69) is 10.6 Å². The third-order valence-corrected chi connectivity index (χ3v) is 3.25. The van der Waals surface area contributed by atoms with E-state index in [1.54, 1.807) is 19.1 Å². The summed E-state index contributed by atoms with van der Waals surface area (Å²) < 4.78 is 5.54. The number of nitrogens with one attached hydrogen (secondary N) is 2. The van der Waals surface area contributed by atoms with Crippen LogP contribution in [0.4, 0.5) is 10.5 Å². The molecule has 1 unspecified atom stereocenters. The molecule has 116 valence electrons. The SMILES string of the molecule is Cc1ccc(NC(=O)NC(C)Oc2ccc(O)cc2)cc1C. The molecule has 0 fully saturated rings. The van der Waals surface area contributed by atoms with E-state index in [-0.39, 0.29) is 11.8 Å². The fourth-order valence-corrected chi connectivity index (χ4v) is 1.93. The van der Waals surface area contributed by atoms with Gasteiger partial charge in [0.25, 0.3) is 0 Å². The highest BCUT2D eigenvalue weighted by Gasteiger charge is 2.09. The van der Waals surface area contributed by atoms with Crippen molar-refractivity contribution in [2.24, 2.45) is 0 Å². The van der Waals surface area contributed by atoms with Crippen molar-refractivity contribution < 1.29 is 14.6 Å². The Morgan fingerprint density at radius 3 is 2.41 bits per heavy atom. The summed E-state index contributed by atoms with van der Waals surface area (Å²) in [5.41, 5.74) is 3.03. The fraction of sp³-hybridized carbons (Fsp3) is 0.235. The quantitative estimate of drug-likeness (QED) is 0.756. The van der Waals surface area contributed by atoms with Gasteiger partial charge in [-0.25, -0.2) is 4.79 Å². The molecule has 1 atom stereocenters. The van der Waals surface area contributed by atoms with Crippen molar-refractivity contribution in [2.75, 3.05) is 5.32 Å². The highest BCUT2D eigenvalue weighted by molar-refractivity contribution is 5.89. The topological polar surface area (TPSA) is 70.6 Å². The van der Waals surface area contributed by atoms with E-state index in [0.29, 0.717) is 5.75 Å². The first kappa shape index (κ1) is 15.7. The van der Waals surface area contributed by atoms with Crippen LogP contribution in [0.3, 0.4) is 0 Å². The molecular weight excluding hydrogens is 280 g/mol. The monoisotopic (exact) mass is 300 g/mol. The van der Waals surface area contributed by atoms with Crippen LogP contribution in [-0.4, -0.2) is 17.4 Å². The van der Waals surface area contributed by atoms with E-state index in [4.69, 9.17) is 4.74 Å². The summed E-state index contributed by atoms with van der Waals surface area (Å²) in [6.45, 7) is 5.74. The summed E-state index contributed by atoms with van der Waals surface area (Å²) in [4.78, 5) is 11.9. The maximum absolute atomic E-state index is 11.9. The van der Waals surface area contributed by atoms with Crippen LogP contribution in [-0.2, 0) is 0 Å². The Morgan fingerprint density at radius 1 is 1.09 bits per heavy atom. The van der Waals surface area contributed by atoms with Crippen molar-refractivity contribution in [3.63, 3.8) is 0 Å². The van der Waals surface area contributed by atoms with E-state index in [1.807, 2.05) is 32.0 Å². The van der Waals surface area contributed by atoms with Crippen LogP contribution in [0.2, 0.25) is 0 Å². The van der Waals surface area contributed by atoms with Gasteiger partial charge >= 0.3 is 6.03 Å². The summed E-state index contributed by atoms with van der Waals surface area (Å²) in [6.07, 6.45) is -0.504. The molecule has 2 aromatic rings. The van der Waals surface area contributed by atoms with Gasteiger partial charge in [-0.05, 0) is 68.3 Å². The van der Waals surface area contributed by atoms with Gasteiger partial charge in [-0.2, -0.15) is 0 Å². The van der Waals surface area contributed by atoms with Crippen LogP contribution in [0.5, 0.6) is 11.5 Å². The number of carbonyl (C=O) groups is 1. The molecule has 0 aliphatic rings. The molecule has 2 amide bonds. The number of phenols is 1. The molecule has 0 saturated heterocycles. The predicted octanol–water partition coefficient (Wildman–Crippen LogP) is 3.56. The maximum atomic E-state index is 11.9. The number of ether oxygens (including phenoxy) is 1. The Morgan fingerprint density at radius 2 is 1.77 bits per heavy atom. The number of carbonyl (C=O) groups excluding carboxylic acids is 1. The van der Waals surface area contributed by atoms with E-state index in [0.717, 1.165) is 11.3 Å². The van der Waals surface area contributed by atoms with E-state index >= 15 is 0 Å². The van der Waals surface area contributed by atoms with E-state index in [9.17, 15) is 9.90 Å². The Labute approximate surface area is 129 Å². The van der Waals surface area contributed by atoms with Gasteiger partial charge in [0.1, 0.15) is 11.5 Å². The Kier molecular flexibility index (Phi) is 4.88. The average Bonchev–Trinajstić information content (AvgIpc) is 2.45. The standard InChI is InChI=1S/C17H20N2O3/c1-11-4-5-14(10-12(11)2)19-17(21)18-13(3)22-16-8-6-15(20)7-9-16/h4-10,13,20H,1-3H3,(H2,18,19,21). The molecule has 0 bridgehead atoms. The number of aryl methyl sites for hydroxylation is 2. The van der Waals surface area contributed by atoms with Gasteiger partial charge in [0.05, 0.1) is 0 Å². The van der Waals surface area contributed by atoms with Gasteiger partial charge in [0, 0.05) is 5.69 Å². The third kappa shape index (κ3) is 4.41. The number of hydrogen-bond acceptors (Lipinski definition) is 3. The number of amides is 2. The second-order valence-corrected chi connectivity index (χ2v) is 5.15. The molecule has 2 aromatic carbocycles. The second-order valence-electron chi connectivity index (χ2n) is 5.15. The second kappa shape index (κ2) is 6.85. The van der Waals surface area contributed by atoms with Crippen molar-refractivity contribution in [3.05, 3.63) is 53.6 Å². The first-order valence-electron chi connectivity index (χ1n) is 7.04. The average molecular weight is 300 g/mol. The van der Waals surface area contributed by atoms with Gasteiger partial charge in [0.2, 0.25) is 0 Å². The smallest absolute Gasteiger partial charge is 0.322 e. The van der Waals surface area contributed by atoms with Crippen molar-refractivity contribution >= 4 is 11.7 Å². The highest BCUT2D eigenvalue weighted by Crippen LogP contribution is 2.17. The van der Waals surface area contributed by atoms with Crippen LogP contribution in [0.15, 0.2) is 42.5 Å². The summed E-state index contributed by atoms with van der Waals surface area (Å²) >= 11 is 0. The minimum Gasteiger partial charge on any atom is -0.508 e. The minimum absolute atomic E-state index is 0.167. The summed E-state index contributed by atoms with van der Waals surface area (Å²) in [5.74, 6) is 0.734. The summed E-state index contributed by atoms with van der Waals surface area (Å²) in [5, 5.41) is 14.7. The van der Waals surface area contributed by atoms with E-state index < -0.39 is 6.23 Å². The molecule has 22 heavy (non-hydrogen) atoms. The third-order valence-electron chi connectivity index (χ3n) is 3.25. The largest absolute Gasteiger partial charge is 0.508 e. The summed E-state index contributed by atoms with van der Waals surface area (Å²) in [6, 6.07) is 11.7. The minimum atomic E-state index is -0.504. The number of urea groups is 1. The lowest BCUT2D eigenvalue weighted by molar-refractivity contribution is 0.183. The number of phenolic OH excluding ortho intramolecular Hbond substituents is 1. The zero-order valence-electron chi connectivity index (χ0n) is 12.9. The molecule has 0 heterocycles. The lowest BCUT2D eigenvalue weighted by Crippen LogP contribution is -2.39. The van der Waals surface area contributed by atoms with Crippen molar-refractivity contribution in [1.29, 1.82) is 0 Å². The molecule has 5 nitrogen and oxygen atoms in total. The normalized spacial score (nSPS) is 11.6. The first-order chi connectivity index (χ1) is 10.4. The van der Waals surface area contributed by atoms with Gasteiger partial charge in [-0.1, -0.05) is 6.07 Å². The summed E-state index contributed by atoms with van der Waals surface area (Å²) in [7, 11) is 0. The van der Waals surface area contributed by atoms with Crippen molar-refractivity contribution in [1.82, 2.24) is 5.32 Å². The Hall–Kier alpha value is -2.69. The van der Waals surface area contributed by atoms with Crippen LogP contribution in [0.1, 0.15) is 18.1 Å². The molecule has 0 aromatic heterocycles. The molecule has 0 radical (unpaired) electrons. The molecule has 2 rings (SSSR count). The zero-order valence-corrected chi connectivity index (χ0v) is 12.9. The van der Waals surface area contributed by atoms with Gasteiger partial charge in [-0.15, -0.1) is 0 Å². The molecule has 0 aliphatic heterocycles. The molecule has 5 heteroatoms. The van der Waals surface area contributed by atoms with Gasteiger partial charge < -0.3 is 20.5 Å². The van der Waals surface area contributed by atoms with Crippen LogP contribution >= 0.6 is 0 Å². The fourth-order valence-electron chi connectivity index (χ4n) is 1.93. The molecule has 3 N–H and O–H groups in total. The predicted molar refractivity (Wildman–Crippen MR) is 86.3 cm³/mol. The molecule has 0 spiro atoms. The van der Waals surface area contributed by atoms with Crippen molar-refractivity contribution in [3.8, 4) is 11.5 Å². The number of hydrogen-bond donors (Lipinski definition) is 3. The van der Waals surface area contributed by atoms with Crippen LogP contribution in [0, 0.1) is 13.8 Å². The number of rotatable bonds is 4. The number of benzene rings is 2. The number of anilines is 1. The lowest BCUT2D eigenvalue weighted by Gasteiger charge is -2.17. The Balaban J connectivity index is 1.88. The van der Waals surface area contributed by atoms with Gasteiger partial charge in [-0.3, -0.25) is 0 Å². The van der Waals surface area contributed by atoms with Crippen molar-refractivity contribution in [2.45, 2.75) is 27.0 Å². The first-order valence-corrected chi connectivity index (χ1v) is 7.04. The Bertz CT molecular complexity index is 653. The van der Waals surface area contributed by atoms with E-state index in [1.165, 1.54) is 17.7 Å². The molecule has 0 saturated carbocycles. The van der Waals surface area contributed by atoms with Crippen LogP contribution < -0.4 is 15.4 Å². The van der Waals surface area contributed by atoms with Crippen LogP contribution in [0.25, 0.3) is 0 Å². The van der Waals surface area contributed by atoms with Gasteiger partial charge in [0.15, 0.2) is 6.23 Å². The highest BCUT2D eigenvalue weighted by atomic mass is 16.5.